The number of aromatic nitrogens is 2. The van der Waals surface area contributed by atoms with E-state index in [4.69, 9.17) is 27.9 Å². The minimum atomic E-state index is -0.906. The first-order valence-corrected chi connectivity index (χ1v) is 5.86. The highest BCUT2D eigenvalue weighted by Gasteiger charge is 2.14. The second-order valence-corrected chi connectivity index (χ2v) is 4.38. The fourth-order valence-electron chi connectivity index (χ4n) is 1.47. The highest BCUT2D eigenvalue weighted by atomic mass is 35.5. The molecule has 0 saturated heterocycles. The molecule has 1 heterocycles. The monoisotopic (exact) mass is 284 g/mol. The lowest BCUT2D eigenvalue weighted by atomic mass is 10.1. The second kappa shape index (κ2) is 5.52. The van der Waals surface area contributed by atoms with Crippen molar-refractivity contribution in [2.24, 2.45) is 0 Å². The van der Waals surface area contributed by atoms with E-state index in [0.29, 0.717) is 27.2 Å². The average molecular weight is 285 g/mol. The Morgan fingerprint density at radius 3 is 2.61 bits per heavy atom. The molecule has 2 rings (SSSR count). The zero-order valence-electron chi connectivity index (χ0n) is 9.47. The van der Waals surface area contributed by atoms with Gasteiger partial charge in [0.15, 0.2) is 0 Å². The van der Waals surface area contributed by atoms with E-state index in [1.807, 2.05) is 0 Å². The Kier molecular flexibility index (Phi) is 4.01. The van der Waals surface area contributed by atoms with Gasteiger partial charge in [0.25, 0.3) is 0 Å². The lowest BCUT2D eigenvalue weighted by molar-refractivity contribution is 0.214. The van der Waals surface area contributed by atoms with Crippen molar-refractivity contribution in [3.63, 3.8) is 0 Å². The highest BCUT2D eigenvalue weighted by molar-refractivity contribution is 6.42. The van der Waals surface area contributed by atoms with Gasteiger partial charge in [-0.3, -0.25) is 0 Å². The Labute approximate surface area is 114 Å². The summed E-state index contributed by atoms with van der Waals surface area (Å²) in [5.74, 6) is 0.388. The van der Waals surface area contributed by atoms with Crippen LogP contribution < -0.4 is 4.74 Å². The number of ether oxygens (including phenoxy) is 1. The smallest absolute Gasteiger partial charge is 0.216 e. The van der Waals surface area contributed by atoms with Crippen LogP contribution in [0, 0.1) is 0 Å². The number of hydrogen-bond donors (Lipinski definition) is 1. The van der Waals surface area contributed by atoms with Crippen LogP contribution >= 0.6 is 23.2 Å². The molecule has 0 fully saturated rings. The molecule has 1 aromatic heterocycles. The van der Waals surface area contributed by atoms with E-state index >= 15 is 0 Å². The number of aliphatic hydroxyl groups is 1. The van der Waals surface area contributed by atoms with Crippen molar-refractivity contribution in [1.29, 1.82) is 0 Å². The third kappa shape index (κ3) is 2.72. The molecule has 4 nitrogen and oxygen atoms in total. The van der Waals surface area contributed by atoms with Crippen molar-refractivity contribution in [2.45, 2.75) is 6.10 Å². The summed E-state index contributed by atoms with van der Waals surface area (Å²) in [5, 5.41) is 11.0. The van der Waals surface area contributed by atoms with Gasteiger partial charge in [0, 0.05) is 6.07 Å². The van der Waals surface area contributed by atoms with Crippen LogP contribution in [-0.2, 0) is 0 Å². The first-order chi connectivity index (χ1) is 8.61. The van der Waals surface area contributed by atoms with Crippen LogP contribution in [0.3, 0.4) is 0 Å². The van der Waals surface area contributed by atoms with E-state index in [1.165, 1.54) is 13.4 Å². The zero-order valence-corrected chi connectivity index (χ0v) is 11.0. The van der Waals surface area contributed by atoms with Crippen molar-refractivity contribution in [2.75, 3.05) is 7.11 Å². The molecule has 0 aliphatic rings. The predicted molar refractivity (Wildman–Crippen MR) is 69.1 cm³/mol. The van der Waals surface area contributed by atoms with Gasteiger partial charge in [0.1, 0.15) is 12.4 Å². The molecule has 18 heavy (non-hydrogen) atoms. The topological polar surface area (TPSA) is 55.2 Å². The summed E-state index contributed by atoms with van der Waals surface area (Å²) in [6.07, 6.45) is 0.422. The summed E-state index contributed by atoms with van der Waals surface area (Å²) < 4.78 is 4.97. The first-order valence-electron chi connectivity index (χ1n) is 5.10. The van der Waals surface area contributed by atoms with Crippen LogP contribution in [0.1, 0.15) is 17.4 Å². The minimum absolute atomic E-state index is 0.384. The SMILES string of the molecule is COc1cc(C(O)c2ccc(Cl)c(Cl)c2)ncn1. The Morgan fingerprint density at radius 1 is 1.17 bits per heavy atom. The molecule has 0 spiro atoms. The molecule has 94 valence electrons. The van der Waals surface area contributed by atoms with Gasteiger partial charge in [-0.15, -0.1) is 0 Å². The molecule has 0 amide bonds. The molecule has 1 unspecified atom stereocenters. The maximum atomic E-state index is 10.2. The molecule has 6 heteroatoms. The van der Waals surface area contributed by atoms with Gasteiger partial charge >= 0.3 is 0 Å². The van der Waals surface area contributed by atoms with Crippen LogP contribution in [0.25, 0.3) is 0 Å². The molecule has 1 N–H and O–H groups in total. The van der Waals surface area contributed by atoms with Crippen molar-refractivity contribution in [1.82, 2.24) is 9.97 Å². The maximum absolute atomic E-state index is 10.2. The van der Waals surface area contributed by atoms with Crippen LogP contribution in [0.15, 0.2) is 30.6 Å². The minimum Gasteiger partial charge on any atom is -0.481 e. The highest BCUT2D eigenvalue weighted by Crippen LogP contribution is 2.28. The fourth-order valence-corrected chi connectivity index (χ4v) is 1.77. The molecule has 0 aliphatic heterocycles. The molecular weight excluding hydrogens is 275 g/mol. The fraction of sp³-hybridized carbons (Fsp3) is 0.167. The summed E-state index contributed by atoms with van der Waals surface area (Å²) in [5.41, 5.74) is 1.03. The van der Waals surface area contributed by atoms with Gasteiger partial charge in [-0.05, 0) is 17.7 Å². The standard InChI is InChI=1S/C12H10Cl2N2O2/c1-18-11-5-10(15-6-16-11)12(17)7-2-3-8(13)9(14)4-7/h2-6,12,17H,1H3. The second-order valence-electron chi connectivity index (χ2n) is 3.56. The molecule has 0 radical (unpaired) electrons. The quantitative estimate of drug-likeness (QED) is 0.942. The van der Waals surface area contributed by atoms with Crippen LogP contribution in [0.2, 0.25) is 10.0 Å². The summed E-state index contributed by atoms with van der Waals surface area (Å²) in [7, 11) is 1.50. The Morgan fingerprint density at radius 2 is 1.94 bits per heavy atom. The van der Waals surface area contributed by atoms with Gasteiger partial charge in [-0.2, -0.15) is 0 Å². The van der Waals surface area contributed by atoms with E-state index < -0.39 is 6.10 Å². The van der Waals surface area contributed by atoms with Gasteiger partial charge in [-0.1, -0.05) is 29.3 Å². The Hall–Kier alpha value is -1.36. The van der Waals surface area contributed by atoms with Crippen LogP contribution in [-0.4, -0.2) is 22.2 Å². The van der Waals surface area contributed by atoms with Crippen LogP contribution in [0.4, 0.5) is 0 Å². The van der Waals surface area contributed by atoms with Crippen LogP contribution in [0.5, 0.6) is 5.88 Å². The largest absolute Gasteiger partial charge is 0.481 e. The molecular formula is C12H10Cl2N2O2. The number of hydrogen-bond acceptors (Lipinski definition) is 4. The lowest BCUT2D eigenvalue weighted by Crippen LogP contribution is -2.03. The number of rotatable bonds is 3. The molecule has 1 aromatic carbocycles. The first kappa shape index (κ1) is 13.1. The van der Waals surface area contributed by atoms with Crippen molar-refractivity contribution < 1.29 is 9.84 Å². The van der Waals surface area contributed by atoms with E-state index in [0.717, 1.165) is 0 Å². The Balaban J connectivity index is 2.34. The normalized spacial score (nSPS) is 12.2. The molecule has 0 saturated carbocycles. The number of benzene rings is 1. The number of nitrogens with zero attached hydrogens (tertiary/aromatic N) is 2. The van der Waals surface area contributed by atoms with E-state index in [9.17, 15) is 5.11 Å². The molecule has 0 aliphatic carbocycles. The maximum Gasteiger partial charge on any atom is 0.216 e. The molecule has 2 aromatic rings. The number of halogens is 2. The van der Waals surface area contributed by atoms with Gasteiger partial charge < -0.3 is 9.84 Å². The number of aliphatic hydroxyl groups excluding tert-OH is 1. The van der Waals surface area contributed by atoms with Gasteiger partial charge in [-0.25, -0.2) is 9.97 Å². The van der Waals surface area contributed by atoms with Crippen molar-refractivity contribution in [3.05, 3.63) is 51.9 Å². The van der Waals surface area contributed by atoms with Crippen molar-refractivity contribution >= 4 is 23.2 Å². The molecule has 1 atom stereocenters. The van der Waals surface area contributed by atoms with E-state index in [1.54, 1.807) is 24.3 Å². The summed E-state index contributed by atoms with van der Waals surface area (Å²) >= 11 is 11.7. The summed E-state index contributed by atoms with van der Waals surface area (Å²) in [4.78, 5) is 7.87. The summed E-state index contributed by atoms with van der Waals surface area (Å²) in [6.45, 7) is 0. The lowest BCUT2D eigenvalue weighted by Gasteiger charge is -2.11. The van der Waals surface area contributed by atoms with Crippen molar-refractivity contribution in [3.8, 4) is 5.88 Å². The van der Waals surface area contributed by atoms with E-state index in [-0.39, 0.29) is 0 Å². The Bertz CT molecular complexity index is 564. The predicted octanol–water partition coefficient (Wildman–Crippen LogP) is 2.87. The number of methoxy groups -OCH3 is 1. The van der Waals surface area contributed by atoms with E-state index in [2.05, 4.69) is 9.97 Å². The third-order valence-corrected chi connectivity index (χ3v) is 3.15. The zero-order chi connectivity index (χ0) is 13.1. The van der Waals surface area contributed by atoms with Gasteiger partial charge in [0.2, 0.25) is 5.88 Å². The third-order valence-electron chi connectivity index (χ3n) is 2.41. The molecule has 0 bridgehead atoms. The average Bonchev–Trinajstić information content (AvgIpc) is 2.41. The van der Waals surface area contributed by atoms with Gasteiger partial charge in [0.05, 0.1) is 22.8 Å². The summed E-state index contributed by atoms with van der Waals surface area (Å²) in [6, 6.07) is 6.48.